The van der Waals surface area contributed by atoms with E-state index >= 15 is 0 Å². The van der Waals surface area contributed by atoms with Crippen LogP contribution in [0.2, 0.25) is 0 Å². The van der Waals surface area contributed by atoms with Crippen molar-refractivity contribution >= 4 is 29.5 Å². The summed E-state index contributed by atoms with van der Waals surface area (Å²) in [6, 6.07) is 8.65. The van der Waals surface area contributed by atoms with Crippen LogP contribution in [0.15, 0.2) is 30.3 Å². The maximum absolute atomic E-state index is 12.4. The topological polar surface area (TPSA) is 90.5 Å². The van der Waals surface area contributed by atoms with Gasteiger partial charge in [0.05, 0.1) is 18.5 Å². The van der Waals surface area contributed by atoms with Crippen molar-refractivity contribution in [1.82, 2.24) is 20.9 Å². The van der Waals surface area contributed by atoms with Crippen molar-refractivity contribution in [2.45, 2.75) is 12.5 Å². The van der Waals surface area contributed by atoms with Crippen molar-refractivity contribution in [3.05, 3.63) is 35.9 Å². The fourth-order valence-corrected chi connectivity index (χ4v) is 4.09. The number of rotatable bonds is 6. The standard InChI is InChI=1S/C18H24N4O3S/c23-16(11-21-17(24)14-4-2-1-3-5-14)20-10-13-8-15(19-9-13)18(25)22-6-7-26-12-22/h1-5,13,15,19H,6-12H2,(H,20,23)(H,21,24). The van der Waals surface area contributed by atoms with Crippen molar-refractivity contribution in [3.8, 4) is 0 Å². The van der Waals surface area contributed by atoms with Crippen molar-refractivity contribution in [2.24, 2.45) is 5.92 Å². The highest BCUT2D eigenvalue weighted by molar-refractivity contribution is 7.99. The Morgan fingerprint density at radius 3 is 2.73 bits per heavy atom. The van der Waals surface area contributed by atoms with Gasteiger partial charge in [-0.05, 0) is 24.5 Å². The smallest absolute Gasteiger partial charge is 0.251 e. The Balaban J connectivity index is 1.34. The predicted molar refractivity (Wildman–Crippen MR) is 101 cm³/mol. The van der Waals surface area contributed by atoms with Crippen molar-refractivity contribution in [1.29, 1.82) is 0 Å². The van der Waals surface area contributed by atoms with Crippen LogP contribution in [-0.2, 0) is 9.59 Å². The average molecular weight is 376 g/mol. The largest absolute Gasteiger partial charge is 0.354 e. The number of hydrogen-bond donors (Lipinski definition) is 3. The summed E-state index contributed by atoms with van der Waals surface area (Å²) in [5.74, 6) is 1.69. The van der Waals surface area contributed by atoms with Crippen LogP contribution in [-0.4, -0.2) is 66.5 Å². The minimum atomic E-state index is -0.266. The van der Waals surface area contributed by atoms with Gasteiger partial charge < -0.3 is 20.9 Å². The van der Waals surface area contributed by atoms with Crippen LogP contribution in [0.1, 0.15) is 16.8 Å². The summed E-state index contributed by atoms with van der Waals surface area (Å²) < 4.78 is 0. The van der Waals surface area contributed by atoms with E-state index in [1.165, 1.54) is 0 Å². The summed E-state index contributed by atoms with van der Waals surface area (Å²) in [6.07, 6.45) is 0.733. The van der Waals surface area contributed by atoms with E-state index in [2.05, 4.69) is 16.0 Å². The number of thioether (sulfide) groups is 1. The highest BCUT2D eigenvalue weighted by Crippen LogP contribution is 2.19. The van der Waals surface area contributed by atoms with E-state index in [9.17, 15) is 14.4 Å². The second kappa shape index (κ2) is 9.05. The summed E-state index contributed by atoms with van der Waals surface area (Å²) in [6.45, 7) is 1.99. The number of nitrogens with zero attached hydrogens (tertiary/aromatic N) is 1. The van der Waals surface area contributed by atoms with Gasteiger partial charge >= 0.3 is 0 Å². The molecule has 2 fully saturated rings. The second-order valence-electron chi connectivity index (χ2n) is 6.55. The molecule has 7 nitrogen and oxygen atoms in total. The molecule has 2 aliphatic heterocycles. The molecule has 8 heteroatoms. The highest BCUT2D eigenvalue weighted by atomic mass is 32.2. The molecule has 1 aromatic carbocycles. The second-order valence-corrected chi connectivity index (χ2v) is 7.63. The molecule has 3 rings (SSSR count). The van der Waals surface area contributed by atoms with Gasteiger partial charge in [0.15, 0.2) is 0 Å². The number of carbonyl (C=O) groups excluding carboxylic acids is 3. The Bertz CT molecular complexity index is 649. The van der Waals surface area contributed by atoms with E-state index in [0.717, 1.165) is 24.6 Å². The molecule has 140 valence electrons. The normalized spacial score (nSPS) is 22.2. The number of carbonyl (C=O) groups is 3. The molecule has 0 spiro atoms. The molecule has 1 aromatic rings. The Kier molecular flexibility index (Phi) is 6.51. The SMILES string of the molecule is O=C(CNC(=O)c1ccccc1)NCC1CNC(C(=O)N2CCSC2)C1. The summed E-state index contributed by atoms with van der Waals surface area (Å²) in [5, 5.41) is 8.70. The van der Waals surface area contributed by atoms with Crippen LogP contribution < -0.4 is 16.0 Å². The van der Waals surface area contributed by atoms with Crippen LogP contribution in [0.25, 0.3) is 0 Å². The molecule has 2 heterocycles. The fraction of sp³-hybridized carbons (Fsp3) is 0.500. The van der Waals surface area contributed by atoms with Crippen LogP contribution in [0.3, 0.4) is 0 Å². The van der Waals surface area contributed by atoms with Gasteiger partial charge in [0, 0.05) is 31.0 Å². The molecule has 0 aromatic heterocycles. The van der Waals surface area contributed by atoms with Crippen molar-refractivity contribution in [3.63, 3.8) is 0 Å². The van der Waals surface area contributed by atoms with Gasteiger partial charge in [-0.3, -0.25) is 14.4 Å². The fourth-order valence-electron chi connectivity index (χ4n) is 3.13. The number of hydrogen-bond acceptors (Lipinski definition) is 5. The minimum Gasteiger partial charge on any atom is -0.354 e. The Morgan fingerprint density at radius 2 is 2.00 bits per heavy atom. The lowest BCUT2D eigenvalue weighted by Gasteiger charge is -2.19. The van der Waals surface area contributed by atoms with E-state index in [1.54, 1.807) is 36.0 Å². The van der Waals surface area contributed by atoms with Crippen LogP contribution in [0.4, 0.5) is 0 Å². The Labute approximate surface area is 157 Å². The number of amides is 3. The molecule has 2 saturated heterocycles. The third-order valence-corrected chi connectivity index (χ3v) is 5.58. The van der Waals surface area contributed by atoms with E-state index in [1.807, 2.05) is 11.0 Å². The summed E-state index contributed by atoms with van der Waals surface area (Å²) in [5.41, 5.74) is 0.529. The first-order valence-electron chi connectivity index (χ1n) is 8.83. The monoisotopic (exact) mass is 376 g/mol. The zero-order valence-corrected chi connectivity index (χ0v) is 15.4. The first-order valence-corrected chi connectivity index (χ1v) is 9.99. The molecule has 26 heavy (non-hydrogen) atoms. The van der Waals surface area contributed by atoms with Gasteiger partial charge in [-0.1, -0.05) is 18.2 Å². The predicted octanol–water partition coefficient (Wildman–Crippen LogP) is 0.0436. The zero-order chi connectivity index (χ0) is 18.4. The van der Waals surface area contributed by atoms with E-state index in [4.69, 9.17) is 0 Å². The first kappa shape index (κ1) is 18.7. The molecule has 3 N–H and O–H groups in total. The summed E-state index contributed by atoms with van der Waals surface area (Å²) in [7, 11) is 0. The minimum absolute atomic E-state index is 0.0543. The summed E-state index contributed by atoms with van der Waals surface area (Å²) in [4.78, 5) is 38.1. The molecular formula is C18H24N4O3S. The number of nitrogens with one attached hydrogen (secondary N) is 3. The van der Waals surface area contributed by atoms with Crippen LogP contribution >= 0.6 is 11.8 Å². The van der Waals surface area contributed by atoms with Gasteiger partial charge in [0.1, 0.15) is 0 Å². The lowest BCUT2D eigenvalue weighted by Crippen LogP contribution is -2.42. The third-order valence-electron chi connectivity index (χ3n) is 4.62. The van der Waals surface area contributed by atoms with Gasteiger partial charge in [0.2, 0.25) is 11.8 Å². The first-order chi connectivity index (χ1) is 12.6. The van der Waals surface area contributed by atoms with Crippen LogP contribution in [0.5, 0.6) is 0 Å². The highest BCUT2D eigenvalue weighted by Gasteiger charge is 2.33. The zero-order valence-electron chi connectivity index (χ0n) is 14.6. The van der Waals surface area contributed by atoms with Crippen molar-refractivity contribution in [2.75, 3.05) is 37.8 Å². The van der Waals surface area contributed by atoms with Gasteiger partial charge in [0.25, 0.3) is 5.91 Å². The molecule has 0 saturated carbocycles. The van der Waals surface area contributed by atoms with Crippen molar-refractivity contribution < 1.29 is 14.4 Å². The molecule has 0 bridgehead atoms. The Morgan fingerprint density at radius 1 is 1.19 bits per heavy atom. The molecule has 3 amide bonds. The average Bonchev–Trinajstić information content (AvgIpc) is 3.36. The lowest BCUT2D eigenvalue weighted by atomic mass is 10.0. The molecular weight excluding hydrogens is 352 g/mol. The van der Waals surface area contributed by atoms with Gasteiger partial charge in [-0.2, -0.15) is 0 Å². The van der Waals surface area contributed by atoms with Gasteiger partial charge in [-0.15, -0.1) is 11.8 Å². The lowest BCUT2D eigenvalue weighted by molar-refractivity contribution is -0.131. The number of benzene rings is 1. The molecule has 2 unspecified atom stereocenters. The van der Waals surface area contributed by atoms with E-state index in [0.29, 0.717) is 18.7 Å². The van der Waals surface area contributed by atoms with Crippen LogP contribution in [0, 0.1) is 5.92 Å². The van der Waals surface area contributed by atoms with Gasteiger partial charge in [-0.25, -0.2) is 0 Å². The quantitative estimate of drug-likeness (QED) is 0.652. The molecule has 0 aliphatic carbocycles. The molecule has 2 aliphatic rings. The Hall–Kier alpha value is -2.06. The third kappa shape index (κ3) is 4.98. The molecule has 0 radical (unpaired) electrons. The molecule has 2 atom stereocenters. The van der Waals surface area contributed by atoms with E-state index < -0.39 is 0 Å². The van der Waals surface area contributed by atoms with E-state index in [-0.39, 0.29) is 36.2 Å². The maximum Gasteiger partial charge on any atom is 0.251 e. The maximum atomic E-state index is 12.4. The summed E-state index contributed by atoms with van der Waals surface area (Å²) >= 11 is 1.78.